The lowest BCUT2D eigenvalue weighted by atomic mass is 10.3. The van der Waals surface area contributed by atoms with Gasteiger partial charge in [-0.1, -0.05) is 12.1 Å². The minimum absolute atomic E-state index is 0.160. The monoisotopic (exact) mass is 282 g/mol. The number of hydrogen-bond donors (Lipinski definition) is 1. The van der Waals surface area contributed by atoms with Gasteiger partial charge in [-0.3, -0.25) is 0 Å². The van der Waals surface area contributed by atoms with E-state index in [1.165, 1.54) is 13.2 Å². The first-order valence-corrected chi connectivity index (χ1v) is 6.55. The topological polar surface area (TPSA) is 108 Å². The standard InChI is InChI=1S/C11H10N2O5S/c1-17-8-4-2-3-5-9(8)18-11(14)7-6-13-19(15,16)10(7)12/h2-6H,12H2,1H3. The molecule has 0 spiro atoms. The Morgan fingerprint density at radius 3 is 2.42 bits per heavy atom. The minimum Gasteiger partial charge on any atom is -0.493 e. The van der Waals surface area contributed by atoms with Crippen LogP contribution < -0.4 is 15.2 Å². The van der Waals surface area contributed by atoms with Crippen molar-refractivity contribution in [2.45, 2.75) is 0 Å². The molecule has 100 valence electrons. The van der Waals surface area contributed by atoms with E-state index in [1.807, 2.05) is 0 Å². The number of nitrogens with zero attached hydrogens (tertiary/aromatic N) is 1. The molecule has 1 aromatic rings. The number of methoxy groups -OCH3 is 1. The highest BCUT2D eigenvalue weighted by atomic mass is 32.2. The highest BCUT2D eigenvalue weighted by molar-refractivity contribution is 7.94. The number of para-hydroxylation sites is 2. The van der Waals surface area contributed by atoms with Crippen LogP contribution in [0.1, 0.15) is 0 Å². The molecule has 2 rings (SSSR count). The summed E-state index contributed by atoms with van der Waals surface area (Å²) in [5.41, 5.74) is 5.02. The molecule has 0 unspecified atom stereocenters. The number of hydrogen-bond acceptors (Lipinski definition) is 6. The van der Waals surface area contributed by atoms with Gasteiger partial charge in [0.05, 0.1) is 13.3 Å². The summed E-state index contributed by atoms with van der Waals surface area (Å²) in [7, 11) is -2.51. The fourth-order valence-electron chi connectivity index (χ4n) is 1.39. The first kappa shape index (κ1) is 13.1. The Labute approximate surface area is 109 Å². The van der Waals surface area contributed by atoms with E-state index >= 15 is 0 Å². The van der Waals surface area contributed by atoms with Crippen LogP contribution in [0.25, 0.3) is 0 Å². The van der Waals surface area contributed by atoms with Gasteiger partial charge in [0.2, 0.25) is 0 Å². The Bertz CT molecular complexity index is 691. The van der Waals surface area contributed by atoms with Gasteiger partial charge in [-0.2, -0.15) is 12.8 Å². The third-order valence-corrected chi connectivity index (χ3v) is 3.51. The van der Waals surface area contributed by atoms with E-state index in [1.54, 1.807) is 18.2 Å². The third kappa shape index (κ3) is 2.43. The van der Waals surface area contributed by atoms with Crippen LogP contribution in [-0.2, 0) is 14.8 Å². The van der Waals surface area contributed by atoms with Gasteiger partial charge in [0.15, 0.2) is 16.5 Å². The summed E-state index contributed by atoms with van der Waals surface area (Å²) in [5, 5.41) is -0.618. The maximum Gasteiger partial charge on any atom is 0.348 e. The average Bonchev–Trinajstić information content (AvgIpc) is 2.65. The molecule has 1 aliphatic rings. The Morgan fingerprint density at radius 1 is 1.26 bits per heavy atom. The summed E-state index contributed by atoms with van der Waals surface area (Å²) in [6.45, 7) is 0. The van der Waals surface area contributed by atoms with Crippen molar-refractivity contribution in [3.05, 3.63) is 34.9 Å². The zero-order valence-corrected chi connectivity index (χ0v) is 10.7. The van der Waals surface area contributed by atoms with Gasteiger partial charge in [0.1, 0.15) is 5.57 Å². The molecule has 0 aromatic heterocycles. The summed E-state index contributed by atoms with van der Waals surface area (Å²) < 4.78 is 35.7. The highest BCUT2D eigenvalue weighted by Gasteiger charge is 2.29. The maximum atomic E-state index is 11.8. The van der Waals surface area contributed by atoms with Crippen molar-refractivity contribution < 1.29 is 22.7 Å². The molecule has 0 atom stereocenters. The van der Waals surface area contributed by atoms with Crippen molar-refractivity contribution >= 4 is 22.2 Å². The van der Waals surface area contributed by atoms with E-state index in [0.29, 0.717) is 5.75 Å². The zero-order valence-electron chi connectivity index (χ0n) is 9.86. The number of esters is 1. The molecule has 7 nitrogen and oxygen atoms in total. The van der Waals surface area contributed by atoms with Gasteiger partial charge < -0.3 is 15.2 Å². The molecule has 0 aliphatic carbocycles. The van der Waals surface area contributed by atoms with E-state index in [-0.39, 0.29) is 11.3 Å². The van der Waals surface area contributed by atoms with Gasteiger partial charge >= 0.3 is 5.97 Å². The lowest BCUT2D eigenvalue weighted by Crippen LogP contribution is -2.17. The largest absolute Gasteiger partial charge is 0.493 e. The van der Waals surface area contributed by atoms with E-state index in [0.717, 1.165) is 6.21 Å². The Morgan fingerprint density at radius 2 is 1.89 bits per heavy atom. The second-order valence-electron chi connectivity index (χ2n) is 3.53. The molecule has 2 N–H and O–H groups in total. The second-order valence-corrected chi connectivity index (χ2v) is 5.13. The molecular weight excluding hydrogens is 272 g/mol. The summed E-state index contributed by atoms with van der Waals surface area (Å²) in [4.78, 5) is 11.8. The normalized spacial score (nSPS) is 16.5. The van der Waals surface area contributed by atoms with Gasteiger partial charge in [-0.05, 0) is 12.1 Å². The number of carbonyl (C=O) groups excluding carboxylic acids is 1. The van der Waals surface area contributed by atoms with E-state index in [2.05, 4.69) is 4.40 Å². The highest BCUT2D eigenvalue weighted by Crippen LogP contribution is 2.27. The number of nitrogens with two attached hydrogens (primary N) is 1. The minimum atomic E-state index is -3.93. The smallest absolute Gasteiger partial charge is 0.348 e. The maximum absolute atomic E-state index is 11.8. The molecular formula is C11H10N2O5S. The number of benzene rings is 1. The number of carbonyl (C=O) groups is 1. The summed E-state index contributed by atoms with van der Waals surface area (Å²) >= 11 is 0. The second kappa shape index (κ2) is 4.73. The summed E-state index contributed by atoms with van der Waals surface area (Å²) in [6.07, 6.45) is 0.864. The quantitative estimate of drug-likeness (QED) is 0.626. The van der Waals surface area contributed by atoms with Crippen molar-refractivity contribution in [2.24, 2.45) is 10.1 Å². The van der Waals surface area contributed by atoms with E-state index in [9.17, 15) is 13.2 Å². The molecule has 0 saturated heterocycles. The fraction of sp³-hybridized carbons (Fsp3) is 0.0909. The van der Waals surface area contributed by atoms with E-state index < -0.39 is 21.0 Å². The van der Waals surface area contributed by atoms with Gasteiger partial charge in [-0.25, -0.2) is 4.79 Å². The van der Waals surface area contributed by atoms with Crippen LogP contribution in [0.2, 0.25) is 0 Å². The van der Waals surface area contributed by atoms with Crippen LogP contribution in [0.4, 0.5) is 0 Å². The SMILES string of the molecule is COc1ccccc1OC(=O)C1=C(N)S(=O)(=O)N=C1. The first-order valence-electron chi connectivity index (χ1n) is 5.11. The molecule has 1 aliphatic heterocycles. The van der Waals surface area contributed by atoms with Crippen molar-refractivity contribution in [2.75, 3.05) is 7.11 Å². The zero-order chi connectivity index (χ0) is 14.0. The van der Waals surface area contributed by atoms with Crippen LogP contribution in [0.5, 0.6) is 11.5 Å². The van der Waals surface area contributed by atoms with Crippen LogP contribution in [0.15, 0.2) is 39.3 Å². The lowest BCUT2D eigenvalue weighted by Gasteiger charge is -2.08. The molecule has 1 heterocycles. The van der Waals surface area contributed by atoms with Crippen LogP contribution in [-0.4, -0.2) is 27.7 Å². The molecule has 0 amide bonds. The van der Waals surface area contributed by atoms with Crippen LogP contribution in [0.3, 0.4) is 0 Å². The lowest BCUT2D eigenvalue weighted by molar-refractivity contribution is -0.129. The predicted molar refractivity (Wildman–Crippen MR) is 67.3 cm³/mol. The number of rotatable bonds is 3. The van der Waals surface area contributed by atoms with Gasteiger partial charge in [0.25, 0.3) is 10.0 Å². The summed E-state index contributed by atoms with van der Waals surface area (Å²) in [6, 6.07) is 6.45. The molecule has 0 saturated carbocycles. The Balaban J connectivity index is 2.29. The van der Waals surface area contributed by atoms with Crippen molar-refractivity contribution in [3.8, 4) is 11.5 Å². The van der Waals surface area contributed by atoms with Gasteiger partial charge in [-0.15, -0.1) is 0 Å². The molecule has 0 bridgehead atoms. The fourth-order valence-corrected chi connectivity index (χ4v) is 2.16. The van der Waals surface area contributed by atoms with Crippen molar-refractivity contribution in [1.29, 1.82) is 0 Å². The van der Waals surface area contributed by atoms with Crippen LogP contribution in [0, 0.1) is 0 Å². The van der Waals surface area contributed by atoms with Gasteiger partial charge in [0, 0.05) is 0 Å². The average molecular weight is 282 g/mol. The summed E-state index contributed by atoms with van der Waals surface area (Å²) in [5.74, 6) is -0.410. The molecule has 0 radical (unpaired) electrons. The van der Waals surface area contributed by atoms with Crippen LogP contribution >= 0.6 is 0 Å². The Kier molecular flexibility index (Phi) is 3.26. The third-order valence-electron chi connectivity index (χ3n) is 2.36. The number of ether oxygens (including phenoxy) is 2. The molecule has 1 aromatic carbocycles. The predicted octanol–water partition coefficient (Wildman–Crippen LogP) is 0.185. The van der Waals surface area contributed by atoms with E-state index in [4.69, 9.17) is 15.2 Å². The van der Waals surface area contributed by atoms with Crippen molar-refractivity contribution in [3.63, 3.8) is 0 Å². The Hall–Kier alpha value is -2.35. The first-order chi connectivity index (χ1) is 8.95. The number of sulfonamides is 1. The van der Waals surface area contributed by atoms with Crippen molar-refractivity contribution in [1.82, 2.24) is 0 Å². The molecule has 8 heteroatoms. The molecule has 19 heavy (non-hydrogen) atoms. The molecule has 0 fully saturated rings.